The molecule has 27 heavy (non-hydrogen) atoms. The molecule has 1 aromatic carbocycles. The molecule has 0 radical (unpaired) electrons. The minimum absolute atomic E-state index is 0.0660. The monoisotopic (exact) mass is 416 g/mol. The van der Waals surface area contributed by atoms with E-state index >= 15 is 0 Å². The Bertz CT molecular complexity index is 1010. The topological polar surface area (TPSA) is 159 Å². The number of hydrogen-bond acceptors (Lipinski definition) is 8. The molecule has 2 aromatic rings. The Morgan fingerprint density at radius 1 is 0.963 bits per heavy atom. The molecular weight excluding hydrogens is 396 g/mol. The Labute approximate surface area is 157 Å². The molecule has 0 bridgehead atoms. The maximum Gasteiger partial charge on any atom is 0.294 e. The third kappa shape index (κ3) is 5.66. The zero-order chi connectivity index (χ0) is 20.2. The quantitative estimate of drug-likeness (QED) is 0.536. The van der Waals surface area contributed by atoms with Gasteiger partial charge in [0, 0.05) is 19.4 Å². The molecule has 0 spiro atoms. The Morgan fingerprint density at radius 3 is 2.19 bits per heavy atom. The molecule has 1 heterocycles. The first-order valence-corrected chi connectivity index (χ1v) is 11.0. The van der Waals surface area contributed by atoms with E-state index in [9.17, 15) is 25.9 Å². The van der Waals surface area contributed by atoms with Crippen LogP contribution in [0.4, 0.5) is 5.95 Å². The van der Waals surface area contributed by atoms with Crippen molar-refractivity contribution in [3.8, 4) is 0 Å². The Morgan fingerprint density at radius 2 is 1.63 bits per heavy atom. The summed E-state index contributed by atoms with van der Waals surface area (Å²) < 4.78 is 64.6. The average molecular weight is 416 g/mol. The number of anilines is 1. The number of hydrogen-bond donors (Lipinski definition) is 3. The van der Waals surface area contributed by atoms with Gasteiger partial charge in [0.1, 0.15) is 11.6 Å². The van der Waals surface area contributed by atoms with Crippen LogP contribution in [0.1, 0.15) is 37.5 Å². The van der Waals surface area contributed by atoms with Gasteiger partial charge in [-0.15, -0.1) is 0 Å². The van der Waals surface area contributed by atoms with Gasteiger partial charge < -0.3 is 5.32 Å². The van der Waals surface area contributed by atoms with Crippen LogP contribution in [0.3, 0.4) is 0 Å². The van der Waals surface area contributed by atoms with Crippen molar-refractivity contribution >= 4 is 26.2 Å². The van der Waals surface area contributed by atoms with Gasteiger partial charge in [-0.2, -0.15) is 26.8 Å². The summed E-state index contributed by atoms with van der Waals surface area (Å²) >= 11 is 0. The predicted octanol–water partition coefficient (Wildman–Crippen LogP) is 1.34. The van der Waals surface area contributed by atoms with Crippen LogP contribution in [0, 0.1) is 0 Å². The summed E-state index contributed by atoms with van der Waals surface area (Å²) in [6.07, 6.45) is 1.17. The number of nitrogens with one attached hydrogen (secondary N) is 1. The SMILES string of the molecule is CCCc1nc(Cc2cc(S(=O)(=O)O)ccc2S(=O)(=O)O)nc(NCC)n1. The molecule has 2 rings (SSSR count). The van der Waals surface area contributed by atoms with Gasteiger partial charge in [-0.3, -0.25) is 9.11 Å². The Hall–Kier alpha value is -2.15. The smallest absolute Gasteiger partial charge is 0.294 e. The third-order valence-corrected chi connectivity index (χ3v) is 5.30. The van der Waals surface area contributed by atoms with Crippen LogP contribution < -0.4 is 5.32 Å². The summed E-state index contributed by atoms with van der Waals surface area (Å²) in [6, 6.07) is 2.77. The molecule has 0 amide bonds. The number of benzene rings is 1. The van der Waals surface area contributed by atoms with Gasteiger partial charge in [-0.05, 0) is 37.1 Å². The van der Waals surface area contributed by atoms with E-state index in [-0.39, 0.29) is 17.8 Å². The molecule has 0 saturated carbocycles. The van der Waals surface area contributed by atoms with Crippen LogP contribution in [0.2, 0.25) is 0 Å². The molecular formula is C15H20N4O6S2. The Balaban J connectivity index is 2.57. The minimum Gasteiger partial charge on any atom is -0.354 e. The molecule has 0 fully saturated rings. The zero-order valence-electron chi connectivity index (χ0n) is 14.7. The second-order valence-corrected chi connectivity index (χ2v) is 8.48. The van der Waals surface area contributed by atoms with Gasteiger partial charge >= 0.3 is 0 Å². The highest BCUT2D eigenvalue weighted by molar-refractivity contribution is 7.86. The summed E-state index contributed by atoms with van der Waals surface area (Å²) in [6.45, 7) is 4.36. The first-order valence-electron chi connectivity index (χ1n) is 8.10. The molecule has 10 nitrogen and oxygen atoms in total. The molecule has 0 aliphatic heterocycles. The van der Waals surface area contributed by atoms with Crippen molar-refractivity contribution in [2.24, 2.45) is 0 Å². The van der Waals surface area contributed by atoms with Crippen LogP contribution in [0.25, 0.3) is 0 Å². The lowest BCUT2D eigenvalue weighted by Crippen LogP contribution is -2.12. The lowest BCUT2D eigenvalue weighted by molar-refractivity contribution is 0.477. The second-order valence-electron chi connectivity index (χ2n) is 5.67. The summed E-state index contributed by atoms with van der Waals surface area (Å²) in [7, 11) is -9.18. The first kappa shape index (κ1) is 21.2. The number of rotatable bonds is 8. The van der Waals surface area contributed by atoms with E-state index in [0.717, 1.165) is 24.6 Å². The summed E-state index contributed by atoms with van der Waals surface area (Å²) in [5, 5.41) is 2.95. The minimum atomic E-state index is -4.62. The van der Waals surface area contributed by atoms with Gasteiger partial charge in [0.05, 0.1) is 9.79 Å². The van der Waals surface area contributed by atoms with E-state index < -0.39 is 30.0 Å². The first-order chi connectivity index (χ1) is 12.5. The summed E-state index contributed by atoms with van der Waals surface area (Å²) in [4.78, 5) is 11.7. The lowest BCUT2D eigenvalue weighted by atomic mass is 10.1. The van der Waals surface area contributed by atoms with Gasteiger partial charge in [0.2, 0.25) is 5.95 Å². The maximum absolute atomic E-state index is 11.6. The molecule has 3 N–H and O–H groups in total. The van der Waals surface area contributed by atoms with E-state index in [2.05, 4.69) is 20.3 Å². The van der Waals surface area contributed by atoms with Crippen molar-refractivity contribution in [3.63, 3.8) is 0 Å². The van der Waals surface area contributed by atoms with Crippen molar-refractivity contribution in [1.29, 1.82) is 0 Å². The fourth-order valence-electron chi connectivity index (χ4n) is 2.40. The van der Waals surface area contributed by atoms with Gasteiger partial charge in [-0.1, -0.05) is 6.92 Å². The average Bonchev–Trinajstić information content (AvgIpc) is 2.53. The number of aryl methyl sites for hydroxylation is 1. The molecule has 1 aromatic heterocycles. The highest BCUT2D eigenvalue weighted by atomic mass is 32.2. The van der Waals surface area contributed by atoms with Gasteiger partial charge in [0.15, 0.2) is 0 Å². The molecule has 0 aliphatic rings. The summed E-state index contributed by atoms with van der Waals surface area (Å²) in [5.41, 5.74) is -0.0660. The van der Waals surface area contributed by atoms with Crippen LogP contribution in [-0.2, 0) is 33.1 Å². The highest BCUT2D eigenvalue weighted by Gasteiger charge is 2.21. The Kier molecular flexibility index (Phi) is 6.46. The molecule has 0 aliphatic carbocycles. The van der Waals surface area contributed by atoms with Gasteiger partial charge in [0.25, 0.3) is 20.2 Å². The lowest BCUT2D eigenvalue weighted by Gasteiger charge is -2.10. The highest BCUT2D eigenvalue weighted by Crippen LogP contribution is 2.22. The van der Waals surface area contributed by atoms with Crippen LogP contribution in [0.5, 0.6) is 0 Å². The molecule has 0 saturated heterocycles. The second kappa shape index (κ2) is 8.25. The van der Waals surface area contributed by atoms with Crippen molar-refractivity contribution in [1.82, 2.24) is 15.0 Å². The van der Waals surface area contributed by atoms with Gasteiger partial charge in [-0.25, -0.2) is 4.98 Å². The largest absolute Gasteiger partial charge is 0.354 e. The van der Waals surface area contributed by atoms with E-state index in [1.54, 1.807) is 0 Å². The standard InChI is InChI=1S/C15H20N4O6S2/c1-3-5-13-17-14(19-15(18-13)16-4-2)9-10-8-11(26(20,21)22)6-7-12(10)27(23,24)25/h6-8H,3-5,9H2,1-2H3,(H,20,21,22)(H,23,24,25)(H,16,17,18,19). The van der Waals surface area contributed by atoms with E-state index in [1.165, 1.54) is 0 Å². The van der Waals surface area contributed by atoms with Crippen LogP contribution in [-0.4, -0.2) is 47.4 Å². The van der Waals surface area contributed by atoms with E-state index in [4.69, 9.17) is 0 Å². The normalized spacial score (nSPS) is 12.1. The van der Waals surface area contributed by atoms with E-state index in [1.807, 2.05) is 13.8 Å². The van der Waals surface area contributed by atoms with Crippen molar-refractivity contribution in [3.05, 3.63) is 35.4 Å². The molecule has 0 unspecified atom stereocenters. The molecule has 12 heteroatoms. The van der Waals surface area contributed by atoms with Crippen molar-refractivity contribution in [2.75, 3.05) is 11.9 Å². The molecule has 148 valence electrons. The van der Waals surface area contributed by atoms with Crippen LogP contribution in [0.15, 0.2) is 28.0 Å². The fourth-order valence-corrected chi connectivity index (χ4v) is 3.63. The summed E-state index contributed by atoms with van der Waals surface area (Å²) in [5.74, 6) is 1.00. The molecule has 0 atom stereocenters. The number of nitrogens with zero attached hydrogens (tertiary/aromatic N) is 3. The van der Waals surface area contributed by atoms with E-state index in [0.29, 0.717) is 24.7 Å². The predicted molar refractivity (Wildman–Crippen MR) is 96.9 cm³/mol. The van der Waals surface area contributed by atoms with Crippen molar-refractivity contribution in [2.45, 2.75) is 42.9 Å². The maximum atomic E-state index is 11.6. The van der Waals surface area contributed by atoms with Crippen LogP contribution >= 0.6 is 0 Å². The third-order valence-electron chi connectivity index (χ3n) is 3.49. The fraction of sp³-hybridized carbons (Fsp3) is 0.400. The zero-order valence-corrected chi connectivity index (χ0v) is 16.4. The number of aromatic nitrogens is 3. The van der Waals surface area contributed by atoms with Crippen molar-refractivity contribution < 1.29 is 25.9 Å².